The Hall–Kier alpha value is -3.90. The van der Waals surface area contributed by atoms with Crippen molar-refractivity contribution in [1.29, 1.82) is 0 Å². The highest BCUT2D eigenvalue weighted by atomic mass is 16.4. The minimum absolute atomic E-state index is 0.0377. The van der Waals surface area contributed by atoms with E-state index in [4.69, 9.17) is 11.5 Å². The van der Waals surface area contributed by atoms with Crippen LogP contribution in [0, 0.1) is 50.7 Å². The van der Waals surface area contributed by atoms with Crippen molar-refractivity contribution in [3.05, 3.63) is 76.9 Å². The molecule has 11 heteroatoms. The Kier molecular flexibility index (Phi) is 10.3. The second-order valence-electron chi connectivity index (χ2n) is 18.3. The van der Waals surface area contributed by atoms with E-state index in [0.29, 0.717) is 24.0 Å². The Morgan fingerprint density at radius 2 is 1.71 bits per heavy atom. The molecule has 5 aliphatic rings. The maximum absolute atomic E-state index is 15.1. The highest BCUT2D eigenvalue weighted by molar-refractivity contribution is 6.01. The molecule has 55 heavy (non-hydrogen) atoms. The first-order valence-corrected chi connectivity index (χ1v) is 19.6. The number of rotatable bonds is 8. The van der Waals surface area contributed by atoms with Crippen molar-refractivity contribution < 1.29 is 39.9 Å². The second-order valence-corrected chi connectivity index (χ2v) is 18.3. The van der Waals surface area contributed by atoms with Gasteiger partial charge in [0.2, 0.25) is 0 Å². The number of nitrogens with zero attached hydrogens (tertiary/aromatic N) is 1. The number of guanidine groups is 1. The fourth-order valence-electron chi connectivity index (χ4n) is 12.5. The molecule has 0 amide bonds. The number of aliphatic hydroxyl groups excluding tert-OH is 4. The molecule has 1 spiro atoms. The molecule has 13 atom stereocenters. The zero-order chi connectivity index (χ0) is 40.6. The van der Waals surface area contributed by atoms with Crippen molar-refractivity contribution in [3.63, 3.8) is 0 Å². The minimum atomic E-state index is -1.38. The average Bonchev–Trinajstić information content (AvgIpc) is 3.26. The number of hydrogen-bond donors (Lipinski definition) is 7. The second kappa shape index (κ2) is 13.9. The summed E-state index contributed by atoms with van der Waals surface area (Å²) in [4.78, 5) is 45.4. The van der Waals surface area contributed by atoms with E-state index < -0.39 is 87.2 Å². The number of carbonyl (C=O) groups is 3. The number of carboxylic acid groups (broad SMARTS) is 1. The molecule has 11 nitrogen and oxygen atoms in total. The summed E-state index contributed by atoms with van der Waals surface area (Å²) < 4.78 is 0. The summed E-state index contributed by atoms with van der Waals surface area (Å²) in [5, 5.41) is 57.3. The van der Waals surface area contributed by atoms with E-state index in [9.17, 15) is 35.1 Å². The smallest absolute Gasteiger partial charge is 0.331 e. The van der Waals surface area contributed by atoms with Gasteiger partial charge in [0.25, 0.3) is 0 Å². The number of fused-ring (bicyclic) bond motifs is 5. The SMILES string of the molecule is C[C@H](O)CC(=C[C@@H](O)[C@@H]1[C@H](N=C(N)N)C=C[C@]2(C[C@H](O)[C@]3(C)C4=C(C(=O)C[C@]23C)[C@@]2(C)CCC(=O)C(C)(C)[C@@H]2[C@H](C=Cc2ccccc2)[C@H]4O)[C@H]1C)C(=O)O. The molecule has 1 aromatic carbocycles. The third-order valence-electron chi connectivity index (χ3n) is 15.2. The van der Waals surface area contributed by atoms with Crippen LogP contribution >= 0.6 is 0 Å². The first kappa shape index (κ1) is 40.8. The Bertz CT molecular complexity index is 1890. The van der Waals surface area contributed by atoms with Crippen LogP contribution in [0.3, 0.4) is 0 Å². The van der Waals surface area contributed by atoms with Gasteiger partial charge in [0.1, 0.15) is 5.78 Å². The van der Waals surface area contributed by atoms with Gasteiger partial charge in [-0.25, -0.2) is 9.79 Å². The van der Waals surface area contributed by atoms with E-state index in [1.54, 1.807) is 6.08 Å². The summed E-state index contributed by atoms with van der Waals surface area (Å²) >= 11 is 0. The number of Topliss-reactive ketones (excluding diaryl/α,β-unsaturated/α-hetero) is 2. The fraction of sp³-hybridized carbons (Fsp3) is 0.591. The van der Waals surface area contributed by atoms with Crippen molar-refractivity contribution in [1.82, 2.24) is 0 Å². The Morgan fingerprint density at radius 3 is 2.31 bits per heavy atom. The number of carbonyl (C=O) groups excluding carboxylic acids is 2. The molecule has 6 rings (SSSR count). The van der Waals surface area contributed by atoms with E-state index in [2.05, 4.69) is 11.9 Å². The highest BCUT2D eigenvalue weighted by Gasteiger charge is 2.76. The number of nitrogens with two attached hydrogens (primary N) is 2. The van der Waals surface area contributed by atoms with E-state index in [0.717, 1.165) is 5.56 Å². The van der Waals surface area contributed by atoms with Gasteiger partial charge in [-0.15, -0.1) is 0 Å². The number of ketones is 2. The van der Waals surface area contributed by atoms with Gasteiger partial charge in [0.15, 0.2) is 11.7 Å². The molecule has 2 fully saturated rings. The number of allylic oxidation sites excluding steroid dienone is 2. The Balaban J connectivity index is 1.55. The first-order chi connectivity index (χ1) is 25.6. The summed E-state index contributed by atoms with van der Waals surface area (Å²) in [5.41, 5.74) is 8.82. The Labute approximate surface area is 324 Å². The van der Waals surface area contributed by atoms with Gasteiger partial charge in [0, 0.05) is 63.9 Å². The molecule has 0 aliphatic heterocycles. The minimum Gasteiger partial charge on any atom is -0.478 e. The number of carboxylic acids is 1. The molecule has 1 aromatic rings. The first-order valence-electron chi connectivity index (χ1n) is 19.6. The van der Waals surface area contributed by atoms with Gasteiger partial charge in [-0.3, -0.25) is 9.59 Å². The van der Waals surface area contributed by atoms with Crippen LogP contribution in [0.25, 0.3) is 6.08 Å². The predicted molar refractivity (Wildman–Crippen MR) is 210 cm³/mol. The van der Waals surface area contributed by atoms with Crippen LogP contribution < -0.4 is 11.5 Å². The summed E-state index contributed by atoms with van der Waals surface area (Å²) in [6.45, 7) is 13.2. The lowest BCUT2D eigenvalue weighted by atomic mass is 9.38. The van der Waals surface area contributed by atoms with Gasteiger partial charge in [0.05, 0.1) is 30.5 Å². The van der Waals surface area contributed by atoms with Crippen molar-refractivity contribution in [2.75, 3.05) is 0 Å². The third-order valence-corrected chi connectivity index (χ3v) is 15.2. The summed E-state index contributed by atoms with van der Waals surface area (Å²) in [5.74, 6) is -3.81. The number of benzene rings is 1. The van der Waals surface area contributed by atoms with E-state index in [-0.39, 0.29) is 42.4 Å². The standard InChI is InChI=1S/C44H59N3O8/c1-23(48)19-26(38(54)55)20-29(49)33-24(2)44(18-15-28(33)47-39(45)46)22-32(52)43(7)35-34(30(50)21-42(43,44)6)41(5)17-16-31(51)40(3,4)37(41)27(36(35)53)14-13-25-11-9-8-10-12-25/h8-15,18,20,23-24,27-29,32-33,36-37,48-49,52-53H,16-17,19,21-22H2,1-7H3,(H,54,55)(H4,45,46,47)/t23-,24-,27+,28+,29+,32-,33-,36+,37-,41+,42-,43+,44-/m0/s1. The van der Waals surface area contributed by atoms with Crippen molar-refractivity contribution in [2.45, 2.75) is 111 Å². The summed E-state index contributed by atoms with van der Waals surface area (Å²) in [6.07, 6.45) is 5.11. The van der Waals surface area contributed by atoms with Crippen molar-refractivity contribution in [3.8, 4) is 0 Å². The third kappa shape index (κ3) is 5.99. The highest BCUT2D eigenvalue weighted by Crippen LogP contribution is 2.77. The van der Waals surface area contributed by atoms with Crippen LogP contribution in [0.5, 0.6) is 0 Å². The summed E-state index contributed by atoms with van der Waals surface area (Å²) in [7, 11) is 0. The van der Waals surface area contributed by atoms with Crippen LogP contribution in [0.4, 0.5) is 0 Å². The lowest BCUT2D eigenvalue weighted by molar-refractivity contribution is -0.152. The number of aliphatic imine (C=N–C) groups is 1. The molecular weight excluding hydrogens is 698 g/mol. The number of aliphatic carboxylic acids is 1. The Morgan fingerprint density at radius 1 is 1.05 bits per heavy atom. The largest absolute Gasteiger partial charge is 0.478 e. The zero-order valence-corrected chi connectivity index (χ0v) is 33.1. The van der Waals surface area contributed by atoms with Crippen LogP contribution in [-0.4, -0.2) is 79.5 Å². The zero-order valence-electron chi connectivity index (χ0n) is 33.1. The predicted octanol–water partition coefficient (Wildman–Crippen LogP) is 4.34. The topological polar surface area (TPSA) is 217 Å². The molecular formula is C44H59N3O8. The fourth-order valence-corrected chi connectivity index (χ4v) is 12.5. The monoisotopic (exact) mass is 757 g/mol. The van der Waals surface area contributed by atoms with Crippen molar-refractivity contribution in [2.24, 2.45) is 67.2 Å². The maximum Gasteiger partial charge on any atom is 0.331 e. The van der Waals surface area contributed by atoms with Crippen LogP contribution in [0.2, 0.25) is 0 Å². The van der Waals surface area contributed by atoms with Gasteiger partial charge in [-0.05, 0) is 54.2 Å². The van der Waals surface area contributed by atoms with E-state index in [1.165, 1.54) is 13.0 Å². The molecule has 0 radical (unpaired) electrons. The lowest BCUT2D eigenvalue weighted by Crippen LogP contribution is -2.64. The molecule has 0 saturated heterocycles. The molecule has 0 unspecified atom stereocenters. The number of aliphatic hydroxyl groups is 4. The molecule has 298 valence electrons. The van der Waals surface area contributed by atoms with E-state index in [1.807, 2.05) is 83.2 Å². The summed E-state index contributed by atoms with van der Waals surface area (Å²) in [6, 6.07) is 8.96. The molecule has 9 N–H and O–H groups in total. The van der Waals surface area contributed by atoms with E-state index >= 15 is 4.79 Å². The van der Waals surface area contributed by atoms with Gasteiger partial charge < -0.3 is 37.0 Å². The molecule has 0 aromatic heterocycles. The van der Waals surface area contributed by atoms with Gasteiger partial charge in [-0.2, -0.15) is 0 Å². The van der Waals surface area contributed by atoms with Gasteiger partial charge >= 0.3 is 5.97 Å². The van der Waals surface area contributed by atoms with Gasteiger partial charge in [-0.1, -0.05) is 96.2 Å². The molecule has 0 bridgehead atoms. The molecule has 2 saturated carbocycles. The average molecular weight is 758 g/mol. The van der Waals surface area contributed by atoms with Crippen molar-refractivity contribution >= 4 is 29.6 Å². The maximum atomic E-state index is 15.1. The molecule has 0 heterocycles. The lowest BCUT2D eigenvalue weighted by Gasteiger charge is -2.65. The normalized spacial score (nSPS) is 40.8. The van der Waals surface area contributed by atoms with Crippen LogP contribution in [0.15, 0.2) is 76.3 Å². The van der Waals surface area contributed by atoms with Crippen LogP contribution in [-0.2, 0) is 14.4 Å². The van der Waals surface area contributed by atoms with Crippen LogP contribution in [0.1, 0.15) is 86.1 Å². The molecule has 5 aliphatic carbocycles. The number of hydrogen-bond acceptors (Lipinski definition) is 8. The quantitative estimate of drug-likeness (QED) is 0.0862.